The Kier molecular flexibility index (Phi) is 5.23. The monoisotopic (exact) mass is 431 g/mol. The van der Waals surface area contributed by atoms with Crippen molar-refractivity contribution in [3.63, 3.8) is 0 Å². The van der Waals surface area contributed by atoms with Gasteiger partial charge < -0.3 is 14.2 Å². The lowest BCUT2D eigenvalue weighted by molar-refractivity contribution is 0.00583. The smallest absolute Gasteiger partial charge is 0.243 e. The lowest BCUT2D eigenvalue weighted by Gasteiger charge is -2.43. The molecule has 7 nitrogen and oxygen atoms in total. The molecule has 8 heteroatoms. The molecule has 0 radical (unpaired) electrons. The van der Waals surface area contributed by atoms with E-state index in [1.807, 2.05) is 6.92 Å². The van der Waals surface area contributed by atoms with Gasteiger partial charge in [0, 0.05) is 25.9 Å². The van der Waals surface area contributed by atoms with E-state index in [0.29, 0.717) is 48.7 Å². The first-order valence-corrected chi connectivity index (χ1v) is 11.3. The van der Waals surface area contributed by atoms with Gasteiger partial charge in [0.2, 0.25) is 10.0 Å². The molecule has 2 aliphatic heterocycles. The molecule has 0 saturated carbocycles. The molecule has 1 saturated heterocycles. The van der Waals surface area contributed by atoms with Crippen molar-refractivity contribution in [2.75, 3.05) is 27.3 Å². The quantitative estimate of drug-likeness (QED) is 0.739. The molecule has 0 unspecified atom stereocenters. The van der Waals surface area contributed by atoms with Crippen LogP contribution in [0, 0.1) is 6.92 Å². The second-order valence-corrected chi connectivity index (χ2v) is 9.72. The zero-order chi connectivity index (χ0) is 21.5. The molecule has 0 aliphatic carbocycles. The predicted molar refractivity (Wildman–Crippen MR) is 111 cm³/mol. The zero-order valence-electron chi connectivity index (χ0n) is 17.3. The third-order valence-corrected chi connectivity index (χ3v) is 7.83. The Morgan fingerprint density at radius 2 is 1.77 bits per heavy atom. The minimum absolute atomic E-state index is 0.00256. The zero-order valence-corrected chi connectivity index (χ0v) is 18.1. The van der Waals surface area contributed by atoms with Crippen LogP contribution < -0.4 is 14.2 Å². The Morgan fingerprint density at radius 3 is 2.40 bits per heavy atom. The molecule has 1 spiro atoms. The molecule has 0 N–H and O–H groups in total. The number of carbonyl (C=O) groups is 1. The highest BCUT2D eigenvalue weighted by molar-refractivity contribution is 7.89. The highest BCUT2D eigenvalue weighted by atomic mass is 32.2. The third kappa shape index (κ3) is 3.54. The summed E-state index contributed by atoms with van der Waals surface area (Å²) in [5.41, 5.74) is 0.615. The van der Waals surface area contributed by atoms with Crippen LogP contribution >= 0.6 is 0 Å². The van der Waals surface area contributed by atoms with Gasteiger partial charge in [-0.25, -0.2) is 8.42 Å². The minimum Gasteiger partial charge on any atom is -0.497 e. The fraction of sp³-hybridized carbons (Fsp3) is 0.409. The number of ketones is 1. The van der Waals surface area contributed by atoms with E-state index in [2.05, 4.69) is 0 Å². The van der Waals surface area contributed by atoms with Crippen LogP contribution in [0.3, 0.4) is 0 Å². The number of hydrogen-bond donors (Lipinski definition) is 0. The molecule has 0 aromatic heterocycles. The third-order valence-electron chi connectivity index (χ3n) is 5.93. The number of piperidine rings is 1. The largest absolute Gasteiger partial charge is 0.497 e. The molecular formula is C22H25NO6S. The maximum atomic E-state index is 13.1. The van der Waals surface area contributed by atoms with Gasteiger partial charge in [0.1, 0.15) is 22.8 Å². The van der Waals surface area contributed by atoms with Gasteiger partial charge in [-0.2, -0.15) is 4.31 Å². The molecule has 0 bridgehead atoms. The number of hydrogen-bond acceptors (Lipinski definition) is 6. The van der Waals surface area contributed by atoms with E-state index in [1.54, 1.807) is 50.6 Å². The minimum atomic E-state index is -3.63. The molecule has 4 rings (SSSR count). The molecule has 2 aromatic carbocycles. The van der Waals surface area contributed by atoms with Crippen molar-refractivity contribution in [3.05, 3.63) is 47.5 Å². The van der Waals surface area contributed by atoms with Crippen LogP contribution in [0.25, 0.3) is 0 Å². The van der Waals surface area contributed by atoms with Gasteiger partial charge in [-0.05, 0) is 48.9 Å². The van der Waals surface area contributed by atoms with Gasteiger partial charge in [-0.3, -0.25) is 4.79 Å². The summed E-state index contributed by atoms with van der Waals surface area (Å²) in [5.74, 6) is 1.79. The van der Waals surface area contributed by atoms with Crippen LogP contribution in [-0.4, -0.2) is 51.4 Å². The Morgan fingerprint density at radius 1 is 1.03 bits per heavy atom. The predicted octanol–water partition coefficient (Wildman–Crippen LogP) is 3.20. The van der Waals surface area contributed by atoms with Crippen LogP contribution in [0.2, 0.25) is 0 Å². The number of fused-ring (bicyclic) bond motifs is 1. The number of rotatable bonds is 4. The number of carbonyl (C=O) groups excluding carboxylic acids is 1. The van der Waals surface area contributed by atoms with Gasteiger partial charge in [0.15, 0.2) is 5.78 Å². The van der Waals surface area contributed by atoms with Crippen LogP contribution in [0.5, 0.6) is 17.2 Å². The molecule has 0 atom stereocenters. The molecule has 1 fully saturated rings. The Labute approximate surface area is 176 Å². The van der Waals surface area contributed by atoms with E-state index in [-0.39, 0.29) is 17.1 Å². The topological polar surface area (TPSA) is 82.1 Å². The van der Waals surface area contributed by atoms with Crippen molar-refractivity contribution in [3.8, 4) is 17.2 Å². The van der Waals surface area contributed by atoms with E-state index in [9.17, 15) is 13.2 Å². The fourth-order valence-corrected chi connectivity index (χ4v) is 5.70. The summed E-state index contributed by atoms with van der Waals surface area (Å²) >= 11 is 0. The normalized spacial score (nSPS) is 18.6. The van der Waals surface area contributed by atoms with Crippen LogP contribution in [0.1, 0.15) is 35.2 Å². The number of benzene rings is 2. The SMILES string of the molecule is COc1ccc2c(c1)C(=O)CC1(CCN(S(=O)(=O)c3ccc(OC)c(C)c3)CC1)O2. The molecule has 2 aliphatic rings. The average molecular weight is 432 g/mol. The van der Waals surface area contributed by atoms with Crippen molar-refractivity contribution in [1.29, 1.82) is 0 Å². The Bertz CT molecular complexity index is 1090. The second-order valence-electron chi connectivity index (χ2n) is 7.78. The standard InChI is InChI=1S/C22H25NO6S/c1-15-12-17(5-7-20(15)28-3)30(25,26)23-10-8-22(9-11-23)14-19(24)18-13-16(27-2)4-6-21(18)29-22/h4-7,12-13H,8-11,14H2,1-3H3. The molecule has 160 valence electrons. The van der Waals surface area contributed by atoms with Crippen LogP contribution in [-0.2, 0) is 10.0 Å². The van der Waals surface area contributed by atoms with E-state index in [0.717, 1.165) is 5.56 Å². The van der Waals surface area contributed by atoms with Crippen molar-refractivity contribution in [1.82, 2.24) is 4.31 Å². The number of sulfonamides is 1. The Balaban J connectivity index is 1.52. The number of Topliss-reactive ketones (excluding diaryl/α,β-unsaturated/α-hetero) is 1. The molecule has 0 amide bonds. The first kappa shape index (κ1) is 20.7. The summed E-state index contributed by atoms with van der Waals surface area (Å²) in [7, 11) is -0.518. The molecule has 2 aromatic rings. The van der Waals surface area contributed by atoms with E-state index >= 15 is 0 Å². The molecule has 2 heterocycles. The fourth-order valence-electron chi connectivity index (χ4n) is 4.17. The van der Waals surface area contributed by atoms with Gasteiger partial charge >= 0.3 is 0 Å². The number of aryl methyl sites for hydroxylation is 1. The molecular weight excluding hydrogens is 406 g/mol. The van der Waals surface area contributed by atoms with Crippen LogP contribution in [0.4, 0.5) is 0 Å². The first-order valence-electron chi connectivity index (χ1n) is 9.83. The number of ether oxygens (including phenoxy) is 3. The summed E-state index contributed by atoms with van der Waals surface area (Å²) in [4.78, 5) is 13.0. The summed E-state index contributed by atoms with van der Waals surface area (Å²) in [6, 6.07) is 10.1. The maximum absolute atomic E-state index is 13.1. The summed E-state index contributed by atoms with van der Waals surface area (Å²) in [6.07, 6.45) is 1.15. The second kappa shape index (κ2) is 7.59. The Hall–Kier alpha value is -2.58. The van der Waals surface area contributed by atoms with Crippen LogP contribution in [0.15, 0.2) is 41.3 Å². The lowest BCUT2D eigenvalue weighted by atomic mass is 9.83. The summed E-state index contributed by atoms with van der Waals surface area (Å²) < 4.78 is 44.3. The van der Waals surface area contributed by atoms with Crippen molar-refractivity contribution >= 4 is 15.8 Å². The van der Waals surface area contributed by atoms with Crippen molar-refractivity contribution in [2.45, 2.75) is 36.7 Å². The van der Waals surface area contributed by atoms with Crippen molar-refractivity contribution < 1.29 is 27.4 Å². The average Bonchev–Trinajstić information content (AvgIpc) is 2.73. The first-order chi connectivity index (χ1) is 14.3. The van der Waals surface area contributed by atoms with Gasteiger partial charge in [-0.15, -0.1) is 0 Å². The van der Waals surface area contributed by atoms with E-state index in [4.69, 9.17) is 14.2 Å². The van der Waals surface area contributed by atoms with Gasteiger partial charge in [-0.1, -0.05) is 0 Å². The highest BCUT2D eigenvalue weighted by Gasteiger charge is 2.45. The highest BCUT2D eigenvalue weighted by Crippen LogP contribution is 2.41. The summed E-state index contributed by atoms with van der Waals surface area (Å²) in [6.45, 7) is 2.41. The van der Waals surface area contributed by atoms with Gasteiger partial charge in [0.05, 0.1) is 31.1 Å². The van der Waals surface area contributed by atoms with Gasteiger partial charge in [0.25, 0.3) is 0 Å². The van der Waals surface area contributed by atoms with Crippen molar-refractivity contribution in [2.24, 2.45) is 0 Å². The number of methoxy groups -OCH3 is 2. The summed E-state index contributed by atoms with van der Waals surface area (Å²) in [5, 5.41) is 0. The van der Waals surface area contributed by atoms with E-state index < -0.39 is 15.6 Å². The molecule has 30 heavy (non-hydrogen) atoms. The van der Waals surface area contributed by atoms with E-state index in [1.165, 1.54) is 4.31 Å². The maximum Gasteiger partial charge on any atom is 0.243 e. The number of nitrogens with zero attached hydrogens (tertiary/aromatic N) is 1. The lowest BCUT2D eigenvalue weighted by Crippen LogP contribution is -2.52.